The highest BCUT2D eigenvalue weighted by Crippen LogP contribution is 2.26. The number of benzene rings is 1. The number of hydrogen-bond acceptors (Lipinski definition) is 4. The first kappa shape index (κ1) is 13.8. The maximum absolute atomic E-state index is 11.8. The normalized spacial score (nSPS) is 17.6. The third-order valence-corrected chi connectivity index (χ3v) is 3.20. The predicted octanol–water partition coefficient (Wildman–Crippen LogP) is 2.27. The topological polar surface area (TPSA) is 88.0 Å². The first-order chi connectivity index (χ1) is 8.97. The van der Waals surface area contributed by atoms with Crippen molar-refractivity contribution in [3.05, 3.63) is 27.7 Å². The fourth-order valence-electron chi connectivity index (χ4n) is 1.45. The molecule has 1 aliphatic rings. The summed E-state index contributed by atoms with van der Waals surface area (Å²) < 4.78 is 0.782. The van der Waals surface area contributed by atoms with Gasteiger partial charge in [-0.15, -0.1) is 0 Å². The number of halogens is 2. The minimum atomic E-state index is -1.20. The summed E-state index contributed by atoms with van der Waals surface area (Å²) in [5.74, 6) is -1.69. The lowest BCUT2D eigenvalue weighted by molar-refractivity contribution is -0.129. The number of oxime groups is 1. The molecular formula is C11H8BrClN2O4. The molecule has 0 radical (unpaired) electrons. The van der Waals surface area contributed by atoms with Crippen molar-refractivity contribution in [1.29, 1.82) is 0 Å². The van der Waals surface area contributed by atoms with Crippen molar-refractivity contribution < 1.29 is 19.5 Å². The summed E-state index contributed by atoms with van der Waals surface area (Å²) in [6, 6.07) is 4.97. The van der Waals surface area contributed by atoms with Crippen LogP contribution >= 0.6 is 27.5 Å². The molecule has 1 unspecified atom stereocenters. The maximum Gasteiger partial charge on any atom is 0.353 e. The van der Waals surface area contributed by atoms with Crippen molar-refractivity contribution in [1.82, 2.24) is 0 Å². The summed E-state index contributed by atoms with van der Waals surface area (Å²) >= 11 is 9.20. The molecule has 0 aliphatic carbocycles. The lowest BCUT2D eigenvalue weighted by Gasteiger charge is -2.10. The molecule has 1 atom stereocenters. The van der Waals surface area contributed by atoms with E-state index in [-0.39, 0.29) is 12.1 Å². The van der Waals surface area contributed by atoms with Gasteiger partial charge in [-0.3, -0.25) is 4.79 Å². The van der Waals surface area contributed by atoms with Crippen molar-refractivity contribution in [2.45, 2.75) is 12.5 Å². The number of carboxylic acids is 1. The smallest absolute Gasteiger partial charge is 0.353 e. The molecule has 6 nitrogen and oxygen atoms in total. The second kappa shape index (κ2) is 5.58. The zero-order valence-corrected chi connectivity index (χ0v) is 11.7. The van der Waals surface area contributed by atoms with Gasteiger partial charge in [-0.05, 0) is 18.2 Å². The van der Waals surface area contributed by atoms with Crippen LogP contribution in [0.1, 0.15) is 6.42 Å². The van der Waals surface area contributed by atoms with Gasteiger partial charge in [-0.1, -0.05) is 32.7 Å². The number of amides is 1. The Morgan fingerprint density at radius 1 is 1.53 bits per heavy atom. The van der Waals surface area contributed by atoms with Crippen LogP contribution in [0.15, 0.2) is 27.8 Å². The first-order valence-corrected chi connectivity index (χ1v) is 6.36. The molecule has 2 N–H and O–H groups in total. The van der Waals surface area contributed by atoms with Gasteiger partial charge in [0.05, 0.1) is 10.7 Å². The van der Waals surface area contributed by atoms with Gasteiger partial charge in [0.2, 0.25) is 6.10 Å². The zero-order valence-electron chi connectivity index (χ0n) is 9.39. The van der Waals surface area contributed by atoms with Gasteiger partial charge in [0.1, 0.15) is 0 Å². The number of anilines is 1. The summed E-state index contributed by atoms with van der Waals surface area (Å²) in [7, 11) is 0. The van der Waals surface area contributed by atoms with Gasteiger partial charge in [0.25, 0.3) is 5.91 Å². The van der Waals surface area contributed by atoms with E-state index >= 15 is 0 Å². The molecule has 0 saturated carbocycles. The van der Waals surface area contributed by atoms with E-state index in [1.165, 1.54) is 0 Å². The predicted molar refractivity (Wildman–Crippen MR) is 72.3 cm³/mol. The lowest BCUT2D eigenvalue weighted by atomic mass is 10.1. The van der Waals surface area contributed by atoms with Gasteiger partial charge in [-0.25, -0.2) is 4.79 Å². The van der Waals surface area contributed by atoms with Crippen LogP contribution in [0.25, 0.3) is 0 Å². The van der Waals surface area contributed by atoms with Crippen molar-refractivity contribution in [3.63, 3.8) is 0 Å². The van der Waals surface area contributed by atoms with Gasteiger partial charge >= 0.3 is 5.97 Å². The standard InChI is InChI=1S/C11H8BrClN2O4/c12-5-1-2-7(6(13)3-5)14-10(16)9-4-8(11(17)18)15-19-9/h1-3,9H,4H2,(H,14,16)(H,17,18). The van der Waals surface area contributed by atoms with E-state index in [1.807, 2.05) is 0 Å². The summed E-state index contributed by atoms with van der Waals surface area (Å²) in [5.41, 5.74) is 0.240. The molecule has 8 heteroatoms. The summed E-state index contributed by atoms with van der Waals surface area (Å²) in [6.45, 7) is 0. The minimum Gasteiger partial charge on any atom is -0.477 e. The van der Waals surface area contributed by atoms with Crippen LogP contribution < -0.4 is 5.32 Å². The molecule has 1 aliphatic heterocycles. The second-order valence-electron chi connectivity index (χ2n) is 3.75. The number of aliphatic carboxylic acids is 1. The number of carbonyl (C=O) groups is 2. The average molecular weight is 348 g/mol. The number of rotatable bonds is 3. The summed E-state index contributed by atoms with van der Waals surface area (Å²) in [5, 5.41) is 15.0. The van der Waals surface area contributed by atoms with Gasteiger partial charge < -0.3 is 15.3 Å². The van der Waals surface area contributed by atoms with Crippen LogP contribution in [0.2, 0.25) is 5.02 Å². The van der Waals surface area contributed by atoms with E-state index in [0.29, 0.717) is 10.7 Å². The number of carboxylic acid groups (broad SMARTS) is 1. The van der Waals surface area contributed by atoms with Gasteiger partial charge in [0.15, 0.2) is 5.71 Å². The number of nitrogens with one attached hydrogen (secondary N) is 1. The van der Waals surface area contributed by atoms with E-state index in [0.717, 1.165) is 4.47 Å². The fourth-order valence-corrected chi connectivity index (χ4v) is 2.17. The Hall–Kier alpha value is -1.60. The number of hydrogen-bond donors (Lipinski definition) is 2. The molecule has 0 aromatic heterocycles. The molecule has 1 aromatic carbocycles. The third-order valence-electron chi connectivity index (χ3n) is 2.40. The Kier molecular flexibility index (Phi) is 4.06. The molecule has 100 valence electrons. The second-order valence-corrected chi connectivity index (χ2v) is 5.08. The SMILES string of the molecule is O=C(O)C1=NOC(C(=O)Nc2ccc(Br)cc2Cl)C1. The molecule has 1 heterocycles. The number of carbonyl (C=O) groups excluding carboxylic acids is 1. The van der Waals surface area contributed by atoms with E-state index in [9.17, 15) is 9.59 Å². The van der Waals surface area contributed by atoms with Crippen LogP contribution in [0, 0.1) is 0 Å². The maximum atomic E-state index is 11.8. The summed E-state index contributed by atoms with van der Waals surface area (Å²) in [6.07, 6.45) is -1.03. The molecule has 1 aromatic rings. The van der Waals surface area contributed by atoms with Crippen LogP contribution in [0.4, 0.5) is 5.69 Å². The molecule has 0 fully saturated rings. The molecule has 2 rings (SSSR count). The van der Waals surface area contributed by atoms with Gasteiger partial charge in [0, 0.05) is 10.9 Å². The van der Waals surface area contributed by atoms with Crippen molar-refractivity contribution >= 4 is 50.8 Å². The molecule has 1 amide bonds. The van der Waals surface area contributed by atoms with Crippen molar-refractivity contribution in [2.24, 2.45) is 5.16 Å². The quantitative estimate of drug-likeness (QED) is 0.878. The number of nitrogens with zero attached hydrogens (tertiary/aromatic N) is 1. The Bertz CT molecular complexity index is 576. The summed E-state index contributed by atoms with van der Waals surface area (Å²) in [4.78, 5) is 27.3. The molecule has 0 saturated heterocycles. The van der Waals surface area contributed by atoms with E-state index in [4.69, 9.17) is 21.5 Å². The Balaban J connectivity index is 2.01. The molecular weight excluding hydrogens is 339 g/mol. The Morgan fingerprint density at radius 3 is 2.84 bits per heavy atom. The highest BCUT2D eigenvalue weighted by atomic mass is 79.9. The van der Waals surface area contributed by atoms with Crippen LogP contribution in [-0.2, 0) is 14.4 Å². The van der Waals surface area contributed by atoms with Gasteiger partial charge in [-0.2, -0.15) is 0 Å². The zero-order chi connectivity index (χ0) is 14.0. The highest BCUT2D eigenvalue weighted by molar-refractivity contribution is 9.10. The largest absolute Gasteiger partial charge is 0.477 e. The molecule has 0 bridgehead atoms. The van der Waals surface area contributed by atoms with E-state index in [1.54, 1.807) is 18.2 Å². The fraction of sp³-hybridized carbons (Fsp3) is 0.182. The minimum absolute atomic E-state index is 0.0741. The monoisotopic (exact) mass is 346 g/mol. The highest BCUT2D eigenvalue weighted by Gasteiger charge is 2.31. The third kappa shape index (κ3) is 3.24. The van der Waals surface area contributed by atoms with Crippen LogP contribution in [0.5, 0.6) is 0 Å². The van der Waals surface area contributed by atoms with E-state index < -0.39 is 18.0 Å². The average Bonchev–Trinajstić information content (AvgIpc) is 2.82. The molecule has 19 heavy (non-hydrogen) atoms. The van der Waals surface area contributed by atoms with E-state index in [2.05, 4.69) is 26.4 Å². The van der Waals surface area contributed by atoms with Crippen LogP contribution in [-0.4, -0.2) is 28.8 Å². The Labute approximate surface area is 121 Å². The first-order valence-electron chi connectivity index (χ1n) is 5.19. The Morgan fingerprint density at radius 2 is 2.26 bits per heavy atom. The molecule has 0 spiro atoms. The van der Waals surface area contributed by atoms with Crippen LogP contribution in [0.3, 0.4) is 0 Å². The lowest BCUT2D eigenvalue weighted by Crippen LogP contribution is -2.29. The van der Waals surface area contributed by atoms with Crippen molar-refractivity contribution in [3.8, 4) is 0 Å². The van der Waals surface area contributed by atoms with Crippen molar-refractivity contribution in [2.75, 3.05) is 5.32 Å².